The molecule has 1 aromatic carbocycles. The number of carboxylic acids is 1. The summed E-state index contributed by atoms with van der Waals surface area (Å²) in [6, 6.07) is 5.19. The number of hydrogen-bond donors (Lipinski definition) is 1. The number of carbonyl (C=O) groups excluding carboxylic acids is 1. The number of quaternary nitrogens is 1. The van der Waals surface area contributed by atoms with E-state index in [9.17, 15) is 9.90 Å². The number of carboxylic acid groups (broad SMARTS) is 1. The summed E-state index contributed by atoms with van der Waals surface area (Å²) in [6.45, 7) is 0. The lowest BCUT2D eigenvalue weighted by atomic mass is 10.0. The maximum Gasteiger partial charge on any atom is 0.125 e. The van der Waals surface area contributed by atoms with Crippen molar-refractivity contribution in [2.45, 2.75) is 18.9 Å². The van der Waals surface area contributed by atoms with Crippen molar-refractivity contribution in [3.63, 3.8) is 0 Å². The molecule has 0 heterocycles. The second kappa shape index (κ2) is 6.10. The van der Waals surface area contributed by atoms with E-state index in [2.05, 4.69) is 5.73 Å². The van der Waals surface area contributed by atoms with E-state index >= 15 is 0 Å². The SMILES string of the molecule is COc1ccc(C[C@@H]([NH3+])CC(=O)[O-])c(OC)c1. The zero-order valence-electron chi connectivity index (χ0n) is 10.1. The molecule has 0 fully saturated rings. The van der Waals surface area contributed by atoms with E-state index in [1.165, 1.54) is 0 Å². The van der Waals surface area contributed by atoms with Gasteiger partial charge in [-0.3, -0.25) is 0 Å². The first-order chi connectivity index (χ1) is 8.06. The van der Waals surface area contributed by atoms with E-state index in [1.807, 2.05) is 12.1 Å². The van der Waals surface area contributed by atoms with Crippen LogP contribution in [0.5, 0.6) is 11.5 Å². The van der Waals surface area contributed by atoms with E-state index in [-0.39, 0.29) is 12.5 Å². The van der Waals surface area contributed by atoms with Crippen LogP contribution in [0.4, 0.5) is 0 Å². The molecule has 0 spiro atoms. The minimum Gasteiger partial charge on any atom is -0.550 e. The predicted molar refractivity (Wildman–Crippen MR) is 59.6 cm³/mol. The van der Waals surface area contributed by atoms with Crippen LogP contribution in [0.25, 0.3) is 0 Å². The molecule has 0 aromatic heterocycles. The van der Waals surface area contributed by atoms with E-state index in [0.29, 0.717) is 17.9 Å². The lowest BCUT2D eigenvalue weighted by Crippen LogP contribution is -2.63. The molecule has 1 aromatic rings. The zero-order valence-corrected chi connectivity index (χ0v) is 10.1. The highest BCUT2D eigenvalue weighted by Gasteiger charge is 2.12. The van der Waals surface area contributed by atoms with Gasteiger partial charge >= 0.3 is 0 Å². The number of hydrogen-bond acceptors (Lipinski definition) is 4. The van der Waals surface area contributed by atoms with Crippen LogP contribution in [0.15, 0.2) is 18.2 Å². The van der Waals surface area contributed by atoms with Crippen LogP contribution in [-0.2, 0) is 11.2 Å². The summed E-state index contributed by atoms with van der Waals surface area (Å²) < 4.78 is 10.3. The maximum absolute atomic E-state index is 10.5. The van der Waals surface area contributed by atoms with Gasteiger partial charge in [-0.25, -0.2) is 0 Å². The summed E-state index contributed by atoms with van der Waals surface area (Å²) in [7, 11) is 3.14. The van der Waals surface area contributed by atoms with E-state index in [1.54, 1.807) is 20.3 Å². The Morgan fingerprint density at radius 2 is 2.12 bits per heavy atom. The van der Waals surface area contributed by atoms with Gasteiger partial charge in [0, 0.05) is 30.4 Å². The van der Waals surface area contributed by atoms with Crippen LogP contribution in [-0.4, -0.2) is 26.2 Å². The molecule has 5 heteroatoms. The number of methoxy groups -OCH3 is 2. The van der Waals surface area contributed by atoms with Crippen LogP contribution in [0, 0.1) is 0 Å². The number of benzene rings is 1. The molecule has 0 bridgehead atoms. The highest BCUT2D eigenvalue weighted by Crippen LogP contribution is 2.25. The molecule has 0 aliphatic rings. The van der Waals surface area contributed by atoms with Gasteiger partial charge in [0.2, 0.25) is 0 Å². The largest absolute Gasteiger partial charge is 0.550 e. The van der Waals surface area contributed by atoms with Crippen molar-refractivity contribution in [3.05, 3.63) is 23.8 Å². The number of rotatable bonds is 6. The normalized spacial score (nSPS) is 11.9. The summed E-state index contributed by atoms with van der Waals surface area (Å²) in [4.78, 5) is 10.5. The Kier molecular flexibility index (Phi) is 4.78. The molecule has 1 rings (SSSR count). The number of carbonyl (C=O) groups is 1. The number of aliphatic carboxylic acids is 1. The minimum absolute atomic E-state index is 0.0603. The Morgan fingerprint density at radius 1 is 1.41 bits per heavy atom. The van der Waals surface area contributed by atoms with Gasteiger partial charge in [0.25, 0.3) is 0 Å². The second-order valence-corrected chi connectivity index (χ2v) is 3.82. The van der Waals surface area contributed by atoms with Crippen molar-refractivity contribution in [2.75, 3.05) is 14.2 Å². The third kappa shape index (κ3) is 3.96. The van der Waals surface area contributed by atoms with Crippen LogP contribution in [0.2, 0.25) is 0 Å². The maximum atomic E-state index is 10.5. The molecule has 0 amide bonds. The van der Waals surface area contributed by atoms with Crippen molar-refractivity contribution in [2.24, 2.45) is 0 Å². The molecule has 0 saturated heterocycles. The molecule has 0 saturated carbocycles. The fourth-order valence-corrected chi connectivity index (χ4v) is 1.64. The summed E-state index contributed by atoms with van der Waals surface area (Å²) in [5, 5.41) is 10.5. The molecule has 0 unspecified atom stereocenters. The molecular formula is C12H17NO4. The molecule has 0 aliphatic carbocycles. The van der Waals surface area contributed by atoms with Gasteiger partial charge in [-0.15, -0.1) is 0 Å². The second-order valence-electron chi connectivity index (χ2n) is 3.82. The Labute approximate surface area is 100 Å². The average Bonchev–Trinajstić information content (AvgIpc) is 2.28. The first-order valence-corrected chi connectivity index (χ1v) is 5.30. The van der Waals surface area contributed by atoms with Crippen LogP contribution < -0.4 is 20.3 Å². The van der Waals surface area contributed by atoms with Crippen molar-refractivity contribution >= 4 is 5.97 Å². The minimum atomic E-state index is -1.09. The van der Waals surface area contributed by atoms with Gasteiger partial charge in [0.05, 0.1) is 20.3 Å². The van der Waals surface area contributed by atoms with Gasteiger partial charge in [-0.1, -0.05) is 6.07 Å². The zero-order chi connectivity index (χ0) is 12.8. The third-order valence-electron chi connectivity index (χ3n) is 2.46. The van der Waals surface area contributed by atoms with Gasteiger partial charge in [0.1, 0.15) is 11.5 Å². The Hall–Kier alpha value is -1.75. The van der Waals surface area contributed by atoms with Crippen molar-refractivity contribution in [1.29, 1.82) is 0 Å². The Balaban J connectivity index is 2.79. The van der Waals surface area contributed by atoms with E-state index in [0.717, 1.165) is 5.56 Å². The van der Waals surface area contributed by atoms with Gasteiger partial charge in [-0.05, 0) is 6.07 Å². The fraction of sp³-hybridized carbons (Fsp3) is 0.417. The first-order valence-electron chi connectivity index (χ1n) is 5.30. The molecule has 5 nitrogen and oxygen atoms in total. The molecule has 94 valence electrons. The Bertz CT molecular complexity index is 392. The van der Waals surface area contributed by atoms with Crippen LogP contribution >= 0.6 is 0 Å². The first kappa shape index (κ1) is 13.3. The summed E-state index contributed by atoms with van der Waals surface area (Å²) in [6.07, 6.45) is 0.469. The molecular weight excluding hydrogens is 222 g/mol. The highest BCUT2D eigenvalue weighted by atomic mass is 16.5. The van der Waals surface area contributed by atoms with Crippen LogP contribution in [0.3, 0.4) is 0 Å². The molecule has 1 atom stereocenters. The monoisotopic (exact) mass is 239 g/mol. The van der Waals surface area contributed by atoms with Crippen molar-refractivity contribution in [1.82, 2.24) is 0 Å². The predicted octanol–water partition coefficient (Wildman–Crippen LogP) is -1.00. The molecule has 3 N–H and O–H groups in total. The molecule has 0 aliphatic heterocycles. The smallest absolute Gasteiger partial charge is 0.125 e. The van der Waals surface area contributed by atoms with Crippen LogP contribution in [0.1, 0.15) is 12.0 Å². The topological polar surface area (TPSA) is 86.2 Å². The summed E-state index contributed by atoms with van der Waals surface area (Å²) in [5.41, 5.74) is 4.70. The summed E-state index contributed by atoms with van der Waals surface area (Å²) in [5.74, 6) is 0.292. The van der Waals surface area contributed by atoms with Crippen molar-refractivity contribution in [3.8, 4) is 11.5 Å². The standard InChI is InChI=1S/C12H17NO4/c1-16-10-4-3-8(11(7-10)17-2)5-9(13)6-12(14)15/h3-4,7,9H,5-6,13H2,1-2H3,(H,14,15)/t9-/m1/s1. The summed E-state index contributed by atoms with van der Waals surface area (Å²) >= 11 is 0. The molecule has 17 heavy (non-hydrogen) atoms. The van der Waals surface area contributed by atoms with Gasteiger partial charge in [0.15, 0.2) is 0 Å². The van der Waals surface area contributed by atoms with E-state index < -0.39 is 5.97 Å². The lowest BCUT2D eigenvalue weighted by molar-refractivity contribution is -0.423. The van der Waals surface area contributed by atoms with Gasteiger partial charge in [-0.2, -0.15) is 0 Å². The van der Waals surface area contributed by atoms with Gasteiger partial charge < -0.3 is 25.1 Å². The number of ether oxygens (including phenoxy) is 2. The third-order valence-corrected chi connectivity index (χ3v) is 2.46. The fourth-order valence-electron chi connectivity index (χ4n) is 1.64. The highest BCUT2D eigenvalue weighted by molar-refractivity contribution is 5.64. The molecule has 0 radical (unpaired) electrons. The average molecular weight is 239 g/mol. The lowest BCUT2D eigenvalue weighted by Gasteiger charge is -2.13. The quantitative estimate of drug-likeness (QED) is 0.689. The van der Waals surface area contributed by atoms with Crippen molar-refractivity contribution < 1.29 is 25.1 Å². The Morgan fingerprint density at radius 3 is 2.65 bits per heavy atom. The van der Waals surface area contributed by atoms with E-state index in [4.69, 9.17) is 9.47 Å².